The molecule has 0 spiro atoms. The number of carbonyl (C=O) groups excluding carboxylic acids is 1. The second-order valence-electron chi connectivity index (χ2n) is 5.73. The van der Waals surface area contributed by atoms with Crippen LogP contribution in [0, 0.1) is 10.1 Å². The first-order valence-electron chi connectivity index (χ1n) is 8.34. The smallest absolute Gasteiger partial charge is 0.276 e. The number of amides is 1. The Balaban J connectivity index is 2.22. The summed E-state index contributed by atoms with van der Waals surface area (Å²) < 4.78 is 5.24. The molecule has 0 aliphatic heterocycles. The van der Waals surface area contributed by atoms with Gasteiger partial charge >= 0.3 is 0 Å². The Morgan fingerprint density at radius 3 is 2.65 bits per heavy atom. The monoisotopic (exact) mass is 354 g/mol. The third-order valence-electron chi connectivity index (χ3n) is 4.21. The van der Waals surface area contributed by atoms with E-state index in [-0.39, 0.29) is 17.6 Å². The van der Waals surface area contributed by atoms with Crippen molar-refractivity contribution in [2.24, 2.45) is 0 Å². The van der Waals surface area contributed by atoms with Gasteiger partial charge in [0.1, 0.15) is 5.75 Å². The second kappa shape index (κ2) is 8.80. The van der Waals surface area contributed by atoms with E-state index in [0.717, 1.165) is 11.3 Å². The van der Waals surface area contributed by atoms with Crippen LogP contribution in [0.15, 0.2) is 54.6 Å². The summed E-state index contributed by atoms with van der Waals surface area (Å²) >= 11 is 0. The van der Waals surface area contributed by atoms with Gasteiger partial charge in [-0.3, -0.25) is 14.9 Å². The fourth-order valence-corrected chi connectivity index (χ4v) is 2.75. The van der Waals surface area contributed by atoms with Crippen LogP contribution in [-0.4, -0.2) is 29.4 Å². The van der Waals surface area contributed by atoms with Gasteiger partial charge in [-0.25, -0.2) is 0 Å². The average molecular weight is 354 g/mol. The first-order valence-corrected chi connectivity index (χ1v) is 8.34. The number of nitro benzene ring substituents is 1. The number of nitrogens with zero attached hydrogens (tertiary/aromatic N) is 2. The molecule has 136 valence electrons. The van der Waals surface area contributed by atoms with Crippen molar-refractivity contribution >= 4 is 17.7 Å². The lowest BCUT2D eigenvalue weighted by atomic mass is 10.1. The summed E-state index contributed by atoms with van der Waals surface area (Å²) in [6.07, 6.45) is 2.87. The molecule has 2 rings (SSSR count). The molecule has 1 atom stereocenters. The van der Waals surface area contributed by atoms with Crippen LogP contribution in [0.4, 0.5) is 5.69 Å². The molecule has 26 heavy (non-hydrogen) atoms. The predicted octanol–water partition coefficient (Wildman–Crippen LogP) is 4.23. The van der Waals surface area contributed by atoms with Crippen molar-refractivity contribution in [2.45, 2.75) is 19.9 Å². The summed E-state index contributed by atoms with van der Waals surface area (Å²) in [5, 5.41) is 11.1. The number of hydrogen-bond donors (Lipinski definition) is 0. The van der Waals surface area contributed by atoms with Crippen molar-refractivity contribution in [3.63, 3.8) is 0 Å². The zero-order chi connectivity index (χ0) is 19.1. The number of rotatable bonds is 7. The van der Waals surface area contributed by atoms with E-state index in [1.807, 2.05) is 38.1 Å². The third kappa shape index (κ3) is 4.47. The molecule has 0 N–H and O–H groups in total. The Bertz CT molecular complexity index is 817. The summed E-state index contributed by atoms with van der Waals surface area (Å²) in [4.78, 5) is 24.9. The molecular formula is C20H22N2O4. The molecule has 0 saturated heterocycles. The van der Waals surface area contributed by atoms with Crippen LogP contribution in [0.5, 0.6) is 5.75 Å². The van der Waals surface area contributed by atoms with Crippen molar-refractivity contribution in [1.82, 2.24) is 4.90 Å². The first kappa shape index (κ1) is 19.2. The minimum atomic E-state index is -0.458. The number of likely N-dealkylation sites (N-methyl/N-ethyl adjacent to an activating group) is 1. The molecule has 0 fully saturated rings. The summed E-state index contributed by atoms with van der Waals surface area (Å²) in [5.41, 5.74) is 1.33. The minimum Gasteiger partial charge on any atom is -0.497 e. The number of carbonyl (C=O) groups is 1. The zero-order valence-electron chi connectivity index (χ0n) is 15.1. The van der Waals surface area contributed by atoms with Crippen molar-refractivity contribution in [2.75, 3.05) is 13.7 Å². The Labute approximate surface area is 152 Å². The largest absolute Gasteiger partial charge is 0.497 e. The van der Waals surface area contributed by atoms with Gasteiger partial charge in [-0.1, -0.05) is 24.3 Å². The number of para-hydroxylation sites is 1. The van der Waals surface area contributed by atoms with E-state index in [2.05, 4.69) is 0 Å². The Hall–Kier alpha value is -3.15. The maximum atomic E-state index is 12.6. The molecule has 2 aromatic carbocycles. The highest BCUT2D eigenvalue weighted by atomic mass is 16.6. The summed E-state index contributed by atoms with van der Waals surface area (Å²) in [6, 6.07) is 13.7. The third-order valence-corrected chi connectivity index (χ3v) is 4.21. The van der Waals surface area contributed by atoms with E-state index in [0.29, 0.717) is 12.1 Å². The molecule has 0 aliphatic rings. The molecule has 0 bridgehead atoms. The van der Waals surface area contributed by atoms with Gasteiger partial charge in [0.15, 0.2) is 0 Å². The van der Waals surface area contributed by atoms with Crippen LogP contribution in [-0.2, 0) is 4.79 Å². The van der Waals surface area contributed by atoms with Gasteiger partial charge in [0.2, 0.25) is 5.91 Å². The highest BCUT2D eigenvalue weighted by Gasteiger charge is 2.19. The molecule has 0 aliphatic carbocycles. The van der Waals surface area contributed by atoms with Gasteiger partial charge in [-0.2, -0.15) is 0 Å². The van der Waals surface area contributed by atoms with Gasteiger partial charge in [0.25, 0.3) is 5.69 Å². The molecular weight excluding hydrogens is 332 g/mol. The standard InChI is InChI=1S/C20H22N2O4/c1-4-21(15(2)17-9-7-10-18(14-17)26-3)20(23)13-12-16-8-5-6-11-19(16)22(24)25/h5-15H,4H2,1-3H3/b13-12+. The lowest BCUT2D eigenvalue weighted by Crippen LogP contribution is -2.32. The van der Waals surface area contributed by atoms with Gasteiger partial charge < -0.3 is 9.64 Å². The molecule has 6 nitrogen and oxygen atoms in total. The predicted molar refractivity (Wildman–Crippen MR) is 101 cm³/mol. The van der Waals surface area contributed by atoms with Crippen molar-refractivity contribution in [1.29, 1.82) is 0 Å². The highest BCUT2D eigenvalue weighted by molar-refractivity contribution is 5.92. The average Bonchev–Trinajstić information content (AvgIpc) is 2.67. The van der Waals surface area contributed by atoms with Crippen LogP contribution in [0.2, 0.25) is 0 Å². The van der Waals surface area contributed by atoms with E-state index in [1.54, 1.807) is 30.2 Å². The fraction of sp³-hybridized carbons (Fsp3) is 0.250. The number of nitro groups is 1. The Morgan fingerprint density at radius 2 is 2.00 bits per heavy atom. The van der Waals surface area contributed by atoms with Gasteiger partial charge in [-0.05, 0) is 43.7 Å². The quantitative estimate of drug-likeness (QED) is 0.424. The molecule has 0 heterocycles. The second-order valence-corrected chi connectivity index (χ2v) is 5.73. The molecule has 6 heteroatoms. The van der Waals surface area contributed by atoms with E-state index in [4.69, 9.17) is 4.74 Å². The Kier molecular flexibility index (Phi) is 6.49. The molecule has 0 radical (unpaired) electrons. The van der Waals surface area contributed by atoms with E-state index in [9.17, 15) is 14.9 Å². The highest BCUT2D eigenvalue weighted by Crippen LogP contribution is 2.25. The minimum absolute atomic E-state index is 0.0274. The summed E-state index contributed by atoms with van der Waals surface area (Å²) in [5.74, 6) is 0.522. The molecule has 2 aromatic rings. The van der Waals surface area contributed by atoms with E-state index < -0.39 is 4.92 Å². The lowest BCUT2D eigenvalue weighted by molar-refractivity contribution is -0.385. The molecule has 1 unspecified atom stereocenters. The van der Waals surface area contributed by atoms with Crippen LogP contribution in [0.25, 0.3) is 6.08 Å². The maximum absolute atomic E-state index is 12.6. The SMILES string of the molecule is CCN(C(=O)/C=C/c1ccccc1[N+](=O)[O-])C(C)c1cccc(OC)c1. The number of ether oxygens (including phenoxy) is 1. The van der Waals surface area contributed by atoms with Crippen molar-refractivity contribution in [3.05, 3.63) is 75.8 Å². The van der Waals surface area contributed by atoms with Crippen LogP contribution in [0.3, 0.4) is 0 Å². The topological polar surface area (TPSA) is 72.7 Å². The molecule has 0 saturated carbocycles. The van der Waals surface area contributed by atoms with E-state index in [1.165, 1.54) is 18.2 Å². The summed E-state index contributed by atoms with van der Waals surface area (Å²) in [6.45, 7) is 4.35. The number of hydrogen-bond acceptors (Lipinski definition) is 4. The van der Waals surface area contributed by atoms with Gasteiger partial charge in [0, 0.05) is 18.7 Å². The first-order chi connectivity index (χ1) is 12.5. The lowest BCUT2D eigenvalue weighted by Gasteiger charge is -2.27. The van der Waals surface area contributed by atoms with Crippen LogP contribution >= 0.6 is 0 Å². The number of methoxy groups -OCH3 is 1. The van der Waals surface area contributed by atoms with Crippen molar-refractivity contribution < 1.29 is 14.5 Å². The zero-order valence-corrected chi connectivity index (χ0v) is 15.1. The maximum Gasteiger partial charge on any atom is 0.276 e. The Morgan fingerprint density at radius 1 is 1.27 bits per heavy atom. The van der Waals surface area contributed by atoms with E-state index >= 15 is 0 Å². The normalized spacial score (nSPS) is 12.0. The van der Waals surface area contributed by atoms with Crippen LogP contribution < -0.4 is 4.74 Å². The number of benzene rings is 2. The van der Waals surface area contributed by atoms with Crippen LogP contribution in [0.1, 0.15) is 31.0 Å². The molecule has 1 amide bonds. The summed E-state index contributed by atoms with van der Waals surface area (Å²) in [7, 11) is 1.60. The molecule has 0 aromatic heterocycles. The van der Waals surface area contributed by atoms with Gasteiger partial charge in [0.05, 0.1) is 23.6 Å². The van der Waals surface area contributed by atoms with Gasteiger partial charge in [-0.15, -0.1) is 0 Å². The van der Waals surface area contributed by atoms with Crippen molar-refractivity contribution in [3.8, 4) is 5.75 Å². The fourth-order valence-electron chi connectivity index (χ4n) is 2.75.